The number of hydrogen-bond acceptors (Lipinski definition) is 6. The molecule has 4 bridgehead atoms. The minimum absolute atomic E-state index is 0.0101. The first-order valence-electron chi connectivity index (χ1n) is 14.1. The minimum atomic E-state index is -0.973. The highest BCUT2D eigenvalue weighted by Crippen LogP contribution is 2.63. The topological polar surface area (TPSA) is 117 Å². The molecule has 8 heteroatoms. The van der Waals surface area contributed by atoms with Gasteiger partial charge in [0.15, 0.2) is 11.5 Å². The maximum atomic E-state index is 12.8. The van der Waals surface area contributed by atoms with Crippen LogP contribution in [0.25, 0.3) is 0 Å². The van der Waals surface area contributed by atoms with Crippen molar-refractivity contribution in [3.8, 4) is 11.5 Å². The van der Waals surface area contributed by atoms with E-state index in [-0.39, 0.29) is 23.2 Å². The number of hydrogen-bond donors (Lipinski definition) is 4. The number of phenolic OH excluding ortho intramolecular Hbond substituents is 1. The number of carbonyl (C=O) groups excluding carboxylic acids is 2. The monoisotopic (exact) mass is 512 g/mol. The molecule has 2 unspecified atom stereocenters. The number of benzene rings is 1. The van der Waals surface area contributed by atoms with Crippen molar-refractivity contribution in [1.29, 1.82) is 0 Å². The highest BCUT2D eigenvalue weighted by atomic mass is 16.6. The van der Waals surface area contributed by atoms with Crippen LogP contribution < -0.4 is 15.4 Å². The standard InChI is InChI=1S/C29H40N2O6/c1-36-29-9-8-28(12-20(29)14-30-27(35)23(15-32)31-16-33)13-21-18-4-6-24(34)26(21)37-25(29)7-5-19(22(28)11-18)10-17-2-3-17/h4,6,16-17,19-20,22-23,25,32,34H,2-3,5,7-15H2,1H3,(H,30,35)(H,31,33)/t19?,20-,22+,23+,25?,28+,29-/m1/s1. The van der Waals surface area contributed by atoms with Crippen LogP contribution >= 0.6 is 0 Å². The van der Waals surface area contributed by atoms with Crippen molar-refractivity contribution in [3.05, 3.63) is 23.3 Å². The molecule has 1 aromatic rings. The summed E-state index contributed by atoms with van der Waals surface area (Å²) >= 11 is 0. The zero-order chi connectivity index (χ0) is 25.8. The SMILES string of the molecule is CO[C@@]12CC[C@@]3(Cc4c5ccc(O)c4OC1CCC(CC1CC1)[C@@H]3C5)C[C@@H]2CNC(=O)[C@H](CO)NC=O. The number of methoxy groups -OCH3 is 1. The summed E-state index contributed by atoms with van der Waals surface area (Å²) in [5, 5.41) is 25.9. The Labute approximate surface area is 218 Å². The van der Waals surface area contributed by atoms with E-state index in [4.69, 9.17) is 9.47 Å². The molecule has 7 atom stereocenters. The van der Waals surface area contributed by atoms with Crippen molar-refractivity contribution >= 4 is 12.3 Å². The number of amides is 2. The van der Waals surface area contributed by atoms with E-state index >= 15 is 0 Å². The largest absolute Gasteiger partial charge is 0.504 e. The Morgan fingerprint density at radius 1 is 1.27 bits per heavy atom. The number of phenols is 1. The molecule has 1 aromatic carbocycles. The van der Waals surface area contributed by atoms with Crippen LogP contribution in [0.2, 0.25) is 0 Å². The average molecular weight is 513 g/mol. The van der Waals surface area contributed by atoms with Gasteiger partial charge in [-0.1, -0.05) is 18.9 Å². The number of carbonyl (C=O) groups is 2. The molecule has 8 rings (SSSR count). The third-order valence-electron chi connectivity index (χ3n) is 10.6. The first-order chi connectivity index (χ1) is 17.9. The normalized spacial score (nSPS) is 36.4. The molecular weight excluding hydrogens is 472 g/mol. The molecule has 4 saturated carbocycles. The van der Waals surface area contributed by atoms with E-state index in [2.05, 4.69) is 16.7 Å². The Hall–Kier alpha value is -2.32. The molecule has 2 heterocycles. The molecule has 5 aliphatic carbocycles. The highest BCUT2D eigenvalue weighted by molar-refractivity contribution is 5.83. The molecule has 8 nitrogen and oxygen atoms in total. The average Bonchev–Trinajstić information content (AvgIpc) is 3.71. The van der Waals surface area contributed by atoms with Gasteiger partial charge in [-0.05, 0) is 86.2 Å². The van der Waals surface area contributed by atoms with Crippen molar-refractivity contribution in [2.24, 2.45) is 29.1 Å². The molecule has 0 radical (unpaired) electrons. The van der Waals surface area contributed by atoms with Gasteiger partial charge in [0.05, 0.1) is 6.61 Å². The lowest BCUT2D eigenvalue weighted by molar-refractivity contribution is -0.168. The van der Waals surface area contributed by atoms with Crippen molar-refractivity contribution in [2.45, 2.75) is 82.0 Å². The summed E-state index contributed by atoms with van der Waals surface area (Å²) in [4.78, 5) is 23.7. The van der Waals surface area contributed by atoms with Gasteiger partial charge in [-0.25, -0.2) is 0 Å². The Balaban J connectivity index is 1.41. The van der Waals surface area contributed by atoms with Gasteiger partial charge >= 0.3 is 0 Å². The summed E-state index contributed by atoms with van der Waals surface area (Å²) in [7, 11) is 1.76. The first-order valence-corrected chi connectivity index (χ1v) is 14.1. The molecule has 7 aliphatic rings. The lowest BCUT2D eigenvalue weighted by atomic mass is 9.51. The predicted molar refractivity (Wildman–Crippen MR) is 136 cm³/mol. The van der Waals surface area contributed by atoms with Crippen LogP contribution in [0.1, 0.15) is 62.5 Å². The van der Waals surface area contributed by atoms with E-state index < -0.39 is 24.2 Å². The summed E-state index contributed by atoms with van der Waals surface area (Å²) < 4.78 is 13.3. The van der Waals surface area contributed by atoms with E-state index in [1.54, 1.807) is 13.2 Å². The number of aliphatic hydroxyl groups is 1. The fourth-order valence-electron chi connectivity index (χ4n) is 8.57. The maximum Gasteiger partial charge on any atom is 0.244 e. The van der Waals surface area contributed by atoms with E-state index in [0.717, 1.165) is 50.9 Å². The zero-order valence-corrected chi connectivity index (χ0v) is 21.7. The molecule has 2 aliphatic heterocycles. The number of fused-ring (bicyclic) bond motifs is 2. The van der Waals surface area contributed by atoms with Crippen LogP contribution in [-0.2, 0) is 27.2 Å². The van der Waals surface area contributed by atoms with Crippen LogP contribution in [0, 0.1) is 29.1 Å². The first kappa shape index (κ1) is 25.0. The molecule has 2 amide bonds. The lowest BCUT2D eigenvalue weighted by Crippen LogP contribution is -2.61. The van der Waals surface area contributed by atoms with Gasteiger partial charge in [-0.2, -0.15) is 0 Å². The third kappa shape index (κ3) is 4.11. The van der Waals surface area contributed by atoms with Gasteiger partial charge in [0.2, 0.25) is 12.3 Å². The molecule has 1 spiro atoms. The van der Waals surface area contributed by atoms with Gasteiger partial charge in [-0.3, -0.25) is 9.59 Å². The van der Waals surface area contributed by atoms with Gasteiger partial charge in [0.1, 0.15) is 17.7 Å². The number of ether oxygens (including phenoxy) is 2. The van der Waals surface area contributed by atoms with Crippen molar-refractivity contribution < 1.29 is 29.3 Å². The van der Waals surface area contributed by atoms with E-state index in [1.165, 1.54) is 30.4 Å². The molecule has 4 N–H and O–H groups in total. The second-order valence-electron chi connectivity index (χ2n) is 12.3. The van der Waals surface area contributed by atoms with Crippen LogP contribution in [0.3, 0.4) is 0 Å². The number of aliphatic hydroxyl groups excluding tert-OH is 1. The molecular formula is C29H40N2O6. The number of nitrogens with one attached hydrogen (secondary N) is 2. The summed E-state index contributed by atoms with van der Waals surface area (Å²) in [6, 6.07) is 2.93. The Morgan fingerprint density at radius 3 is 2.84 bits per heavy atom. The lowest BCUT2D eigenvalue weighted by Gasteiger charge is -2.55. The van der Waals surface area contributed by atoms with Gasteiger partial charge < -0.3 is 30.3 Å². The van der Waals surface area contributed by atoms with Crippen molar-refractivity contribution in [1.82, 2.24) is 10.6 Å². The summed E-state index contributed by atoms with van der Waals surface area (Å²) in [6.07, 6.45) is 10.9. The molecule has 202 valence electrons. The van der Waals surface area contributed by atoms with Crippen molar-refractivity contribution in [3.63, 3.8) is 0 Å². The van der Waals surface area contributed by atoms with Gasteiger partial charge in [0.25, 0.3) is 0 Å². The second kappa shape index (κ2) is 9.45. The minimum Gasteiger partial charge on any atom is -0.504 e. The summed E-state index contributed by atoms with van der Waals surface area (Å²) in [6.45, 7) is -0.0663. The smallest absolute Gasteiger partial charge is 0.244 e. The van der Waals surface area contributed by atoms with Crippen LogP contribution in [0.5, 0.6) is 11.5 Å². The molecule has 37 heavy (non-hydrogen) atoms. The van der Waals surface area contributed by atoms with Crippen molar-refractivity contribution in [2.75, 3.05) is 20.3 Å². The fraction of sp³-hybridized carbons (Fsp3) is 0.724. The second-order valence-corrected chi connectivity index (χ2v) is 12.3. The van der Waals surface area contributed by atoms with E-state index in [1.807, 2.05) is 0 Å². The van der Waals surface area contributed by atoms with Gasteiger partial charge in [0, 0.05) is 25.1 Å². The third-order valence-corrected chi connectivity index (χ3v) is 10.6. The molecule has 4 fully saturated rings. The predicted octanol–water partition coefficient (Wildman–Crippen LogP) is 2.47. The molecule has 0 aromatic heterocycles. The zero-order valence-electron chi connectivity index (χ0n) is 21.7. The van der Waals surface area contributed by atoms with Crippen LogP contribution in [-0.4, -0.2) is 60.5 Å². The van der Waals surface area contributed by atoms with E-state index in [9.17, 15) is 19.8 Å². The number of rotatable bonds is 9. The molecule has 0 saturated heterocycles. The van der Waals surface area contributed by atoms with E-state index in [0.29, 0.717) is 30.5 Å². The summed E-state index contributed by atoms with van der Waals surface area (Å²) in [5.74, 6) is 2.51. The Kier molecular flexibility index (Phi) is 6.38. The fourth-order valence-corrected chi connectivity index (χ4v) is 8.57. The Morgan fingerprint density at radius 2 is 2.11 bits per heavy atom. The maximum absolute atomic E-state index is 12.8. The van der Waals surface area contributed by atoms with Crippen LogP contribution in [0.4, 0.5) is 0 Å². The Bertz CT molecular complexity index is 1060. The summed E-state index contributed by atoms with van der Waals surface area (Å²) in [5.41, 5.74) is 1.95. The number of aromatic hydroxyl groups is 1. The quantitative estimate of drug-likeness (QED) is 0.378. The van der Waals surface area contributed by atoms with Crippen LogP contribution in [0.15, 0.2) is 12.1 Å². The van der Waals surface area contributed by atoms with Gasteiger partial charge in [-0.15, -0.1) is 0 Å². The highest BCUT2D eigenvalue weighted by Gasteiger charge is 2.61.